The summed E-state index contributed by atoms with van der Waals surface area (Å²) in [6, 6.07) is 4.89. The molecule has 1 fully saturated rings. The molecule has 1 saturated heterocycles. The van der Waals surface area contributed by atoms with Crippen LogP contribution in [-0.2, 0) is 11.3 Å². The first-order valence-electron chi connectivity index (χ1n) is 8.97. The SMILES string of the molecule is Cc1nc(NC(=O)COc2cc(Cl)ccc2Cl)sc1CN1CCC(C)CC1. The molecule has 1 aliphatic rings. The fraction of sp³-hybridized carbons (Fsp3) is 0.474. The zero-order chi connectivity index (χ0) is 19.4. The summed E-state index contributed by atoms with van der Waals surface area (Å²) in [5, 5.41) is 4.31. The second kappa shape index (κ2) is 9.24. The summed E-state index contributed by atoms with van der Waals surface area (Å²) in [4.78, 5) is 20.3. The molecule has 0 saturated carbocycles. The van der Waals surface area contributed by atoms with E-state index in [0.29, 0.717) is 20.9 Å². The number of hydrogen-bond acceptors (Lipinski definition) is 5. The van der Waals surface area contributed by atoms with Gasteiger partial charge in [0.2, 0.25) is 0 Å². The number of halogens is 2. The third-order valence-electron chi connectivity index (χ3n) is 4.63. The van der Waals surface area contributed by atoms with E-state index in [1.807, 2.05) is 6.92 Å². The van der Waals surface area contributed by atoms with E-state index >= 15 is 0 Å². The maximum Gasteiger partial charge on any atom is 0.264 e. The lowest BCUT2D eigenvalue weighted by atomic mass is 9.99. The van der Waals surface area contributed by atoms with Crippen molar-refractivity contribution in [2.45, 2.75) is 33.2 Å². The topological polar surface area (TPSA) is 54.5 Å². The summed E-state index contributed by atoms with van der Waals surface area (Å²) in [6.07, 6.45) is 2.48. The average Bonchev–Trinajstić information content (AvgIpc) is 2.96. The van der Waals surface area contributed by atoms with E-state index in [4.69, 9.17) is 27.9 Å². The number of hydrogen-bond donors (Lipinski definition) is 1. The number of ether oxygens (including phenoxy) is 1. The number of rotatable bonds is 6. The van der Waals surface area contributed by atoms with Crippen molar-refractivity contribution in [3.63, 3.8) is 0 Å². The minimum Gasteiger partial charge on any atom is -0.482 e. The Balaban J connectivity index is 1.53. The highest BCUT2D eigenvalue weighted by Gasteiger charge is 2.18. The van der Waals surface area contributed by atoms with Gasteiger partial charge in [0.25, 0.3) is 5.91 Å². The first-order chi connectivity index (χ1) is 12.9. The maximum absolute atomic E-state index is 12.2. The number of likely N-dealkylation sites (tertiary alicyclic amines) is 1. The Labute approximate surface area is 173 Å². The van der Waals surface area contributed by atoms with Crippen LogP contribution in [0.2, 0.25) is 10.0 Å². The summed E-state index contributed by atoms with van der Waals surface area (Å²) in [7, 11) is 0. The minimum absolute atomic E-state index is 0.155. The minimum atomic E-state index is -0.280. The Kier molecular flexibility index (Phi) is 6.98. The van der Waals surface area contributed by atoms with Crippen LogP contribution in [0.4, 0.5) is 5.13 Å². The number of aromatic nitrogens is 1. The number of benzene rings is 1. The molecule has 0 radical (unpaired) electrons. The molecule has 2 aromatic rings. The molecule has 1 N–H and O–H groups in total. The van der Waals surface area contributed by atoms with Crippen molar-refractivity contribution < 1.29 is 9.53 Å². The molecule has 5 nitrogen and oxygen atoms in total. The van der Waals surface area contributed by atoms with Crippen LogP contribution in [0.5, 0.6) is 5.75 Å². The van der Waals surface area contributed by atoms with Gasteiger partial charge < -0.3 is 4.74 Å². The number of carbonyl (C=O) groups is 1. The number of amides is 1. The molecular formula is C19H23Cl2N3O2S. The second-order valence-corrected chi connectivity index (χ2v) is 8.83. The molecule has 1 aromatic carbocycles. The van der Waals surface area contributed by atoms with Gasteiger partial charge in [-0.05, 0) is 50.9 Å². The normalized spacial score (nSPS) is 15.7. The smallest absolute Gasteiger partial charge is 0.264 e. The Morgan fingerprint density at radius 3 is 2.85 bits per heavy atom. The van der Waals surface area contributed by atoms with Gasteiger partial charge in [-0.15, -0.1) is 11.3 Å². The van der Waals surface area contributed by atoms with Gasteiger partial charge >= 0.3 is 0 Å². The summed E-state index contributed by atoms with van der Waals surface area (Å²) in [5.74, 6) is 0.916. The monoisotopic (exact) mass is 427 g/mol. The Bertz CT molecular complexity index is 804. The van der Waals surface area contributed by atoms with Crippen LogP contribution in [0.15, 0.2) is 18.2 Å². The number of aryl methyl sites for hydroxylation is 1. The van der Waals surface area contributed by atoms with Crippen molar-refractivity contribution in [3.05, 3.63) is 38.8 Å². The molecule has 8 heteroatoms. The molecule has 1 amide bonds. The van der Waals surface area contributed by atoms with Crippen LogP contribution in [0, 0.1) is 12.8 Å². The van der Waals surface area contributed by atoms with E-state index < -0.39 is 0 Å². The number of nitrogens with one attached hydrogen (secondary N) is 1. The van der Waals surface area contributed by atoms with Crippen molar-refractivity contribution in [1.82, 2.24) is 9.88 Å². The standard InChI is InChI=1S/C19H23Cl2N3O2S/c1-12-5-7-24(8-6-12)10-17-13(2)22-19(27-17)23-18(25)11-26-16-9-14(20)3-4-15(16)21/h3-4,9,12H,5-8,10-11H2,1-2H3,(H,22,23,25). The lowest BCUT2D eigenvalue weighted by Gasteiger charge is -2.29. The molecule has 27 heavy (non-hydrogen) atoms. The van der Waals surface area contributed by atoms with E-state index in [1.165, 1.54) is 29.1 Å². The van der Waals surface area contributed by atoms with E-state index in [2.05, 4.69) is 22.1 Å². The Morgan fingerprint density at radius 1 is 1.37 bits per heavy atom. The maximum atomic E-state index is 12.2. The first-order valence-corrected chi connectivity index (χ1v) is 10.5. The second-order valence-electron chi connectivity index (χ2n) is 6.90. The van der Waals surface area contributed by atoms with Crippen LogP contribution in [0.3, 0.4) is 0 Å². The van der Waals surface area contributed by atoms with Gasteiger partial charge in [0.1, 0.15) is 5.75 Å². The summed E-state index contributed by atoms with van der Waals surface area (Å²) >= 11 is 13.5. The van der Waals surface area contributed by atoms with E-state index in [0.717, 1.165) is 31.2 Å². The van der Waals surface area contributed by atoms with Crippen LogP contribution >= 0.6 is 34.5 Å². The fourth-order valence-corrected chi connectivity index (χ4v) is 4.29. The predicted octanol–water partition coefficient (Wildman–Crippen LogP) is 5.01. The van der Waals surface area contributed by atoms with Gasteiger partial charge in [0.05, 0.1) is 10.7 Å². The predicted molar refractivity (Wildman–Crippen MR) is 111 cm³/mol. The van der Waals surface area contributed by atoms with Crippen molar-refractivity contribution in [1.29, 1.82) is 0 Å². The van der Waals surface area contributed by atoms with Crippen molar-refractivity contribution in [2.75, 3.05) is 25.0 Å². The van der Waals surface area contributed by atoms with Crippen molar-refractivity contribution >= 4 is 45.6 Å². The van der Waals surface area contributed by atoms with Crippen molar-refractivity contribution in [2.24, 2.45) is 5.92 Å². The highest BCUT2D eigenvalue weighted by Crippen LogP contribution is 2.28. The molecule has 0 unspecified atom stereocenters. The highest BCUT2D eigenvalue weighted by molar-refractivity contribution is 7.15. The zero-order valence-electron chi connectivity index (χ0n) is 15.4. The zero-order valence-corrected chi connectivity index (χ0v) is 17.8. The average molecular weight is 428 g/mol. The van der Waals surface area contributed by atoms with E-state index in [9.17, 15) is 4.79 Å². The number of piperidine rings is 1. The molecule has 2 heterocycles. The molecule has 0 spiro atoms. The van der Waals surface area contributed by atoms with Gasteiger partial charge in [0.15, 0.2) is 11.7 Å². The summed E-state index contributed by atoms with van der Waals surface area (Å²) in [5.41, 5.74) is 0.965. The fourth-order valence-electron chi connectivity index (χ4n) is 2.94. The van der Waals surface area contributed by atoms with Crippen molar-refractivity contribution in [3.8, 4) is 5.75 Å². The number of anilines is 1. The largest absolute Gasteiger partial charge is 0.482 e. The molecule has 0 bridgehead atoms. The third kappa shape index (κ3) is 5.82. The molecule has 146 valence electrons. The van der Waals surface area contributed by atoms with Crippen LogP contribution < -0.4 is 10.1 Å². The summed E-state index contributed by atoms with van der Waals surface area (Å²) in [6.45, 7) is 7.26. The molecule has 0 aliphatic carbocycles. The van der Waals surface area contributed by atoms with E-state index in [-0.39, 0.29) is 12.5 Å². The number of nitrogens with zero attached hydrogens (tertiary/aromatic N) is 2. The molecule has 3 rings (SSSR count). The van der Waals surface area contributed by atoms with Gasteiger partial charge in [0, 0.05) is 22.5 Å². The lowest BCUT2D eigenvalue weighted by molar-refractivity contribution is -0.118. The van der Waals surface area contributed by atoms with Gasteiger partial charge in [-0.1, -0.05) is 30.1 Å². The van der Waals surface area contributed by atoms with Gasteiger partial charge in [-0.25, -0.2) is 4.98 Å². The highest BCUT2D eigenvalue weighted by atomic mass is 35.5. The quantitative estimate of drug-likeness (QED) is 0.703. The molecule has 0 atom stereocenters. The lowest BCUT2D eigenvalue weighted by Crippen LogP contribution is -2.32. The van der Waals surface area contributed by atoms with Gasteiger partial charge in [-0.3, -0.25) is 15.0 Å². The Hall–Kier alpha value is -1.34. The number of carbonyl (C=O) groups excluding carboxylic acids is 1. The van der Waals surface area contributed by atoms with Crippen LogP contribution in [0.1, 0.15) is 30.3 Å². The Morgan fingerprint density at radius 2 is 2.11 bits per heavy atom. The van der Waals surface area contributed by atoms with E-state index in [1.54, 1.807) is 18.2 Å². The summed E-state index contributed by atoms with van der Waals surface area (Å²) < 4.78 is 5.46. The molecule has 1 aliphatic heterocycles. The van der Waals surface area contributed by atoms with Crippen LogP contribution in [0.25, 0.3) is 0 Å². The molecular weight excluding hydrogens is 405 g/mol. The third-order valence-corrected chi connectivity index (χ3v) is 6.24. The van der Waals surface area contributed by atoms with Crippen LogP contribution in [-0.4, -0.2) is 35.5 Å². The molecule has 1 aromatic heterocycles. The first kappa shape index (κ1) is 20.4. The number of thiazole rings is 1. The van der Waals surface area contributed by atoms with Gasteiger partial charge in [-0.2, -0.15) is 0 Å².